The molecule has 0 saturated heterocycles. The monoisotopic (exact) mass is 253 g/mol. The molecule has 1 rings (SSSR count). The van der Waals surface area contributed by atoms with Gasteiger partial charge in [-0.3, -0.25) is 9.63 Å². The standard InChI is InChI=1S/C11H12ClN3O2/c12-15-11(17)5-6-13-7-9-1-3-10(4-2-9)14-8-16/h1-4,13H,5-7H2,(H,15,17). The van der Waals surface area contributed by atoms with E-state index in [0.717, 1.165) is 5.56 Å². The smallest absolute Gasteiger partial charge is 0.240 e. The molecule has 0 heterocycles. The van der Waals surface area contributed by atoms with Crippen molar-refractivity contribution < 1.29 is 9.59 Å². The Hall–Kier alpha value is -1.68. The molecule has 0 bridgehead atoms. The number of halogens is 1. The van der Waals surface area contributed by atoms with Crippen molar-refractivity contribution in [3.8, 4) is 0 Å². The Morgan fingerprint density at radius 3 is 2.65 bits per heavy atom. The fourth-order valence-electron chi connectivity index (χ4n) is 1.22. The van der Waals surface area contributed by atoms with E-state index in [-0.39, 0.29) is 5.91 Å². The molecule has 0 spiro atoms. The van der Waals surface area contributed by atoms with Crippen molar-refractivity contribution in [2.75, 3.05) is 6.54 Å². The van der Waals surface area contributed by atoms with Gasteiger partial charge in [0, 0.05) is 31.3 Å². The van der Waals surface area contributed by atoms with Crippen molar-refractivity contribution in [1.29, 1.82) is 0 Å². The highest BCUT2D eigenvalue weighted by atomic mass is 35.5. The number of nitrogens with one attached hydrogen (secondary N) is 2. The SMILES string of the molecule is O=C=Nc1ccc(CNCCC(=O)NCl)cc1. The van der Waals surface area contributed by atoms with Gasteiger partial charge in [-0.2, -0.15) is 4.99 Å². The minimum atomic E-state index is -0.213. The Kier molecular flexibility index (Phi) is 5.96. The van der Waals surface area contributed by atoms with Crippen LogP contribution in [0, 0.1) is 0 Å². The van der Waals surface area contributed by atoms with Gasteiger partial charge >= 0.3 is 0 Å². The summed E-state index contributed by atoms with van der Waals surface area (Å²) < 4.78 is 0. The predicted octanol–water partition coefficient (Wildman–Crippen LogP) is 1.40. The van der Waals surface area contributed by atoms with Gasteiger partial charge in [0.05, 0.1) is 5.69 Å². The van der Waals surface area contributed by atoms with Crippen molar-refractivity contribution in [3.63, 3.8) is 0 Å². The number of carbonyl (C=O) groups excluding carboxylic acids is 2. The molecular weight excluding hydrogens is 242 g/mol. The summed E-state index contributed by atoms with van der Waals surface area (Å²) in [5, 5.41) is 3.09. The molecule has 0 radical (unpaired) electrons. The number of benzene rings is 1. The van der Waals surface area contributed by atoms with Gasteiger partial charge in [-0.05, 0) is 17.7 Å². The third-order valence-corrected chi connectivity index (χ3v) is 2.29. The molecule has 17 heavy (non-hydrogen) atoms. The Labute approximate surface area is 104 Å². The van der Waals surface area contributed by atoms with Gasteiger partial charge in [-0.15, -0.1) is 0 Å². The van der Waals surface area contributed by atoms with Gasteiger partial charge in [-0.1, -0.05) is 12.1 Å². The van der Waals surface area contributed by atoms with Crippen LogP contribution in [0.25, 0.3) is 0 Å². The van der Waals surface area contributed by atoms with E-state index in [1.54, 1.807) is 12.1 Å². The van der Waals surface area contributed by atoms with Crippen LogP contribution < -0.4 is 10.2 Å². The van der Waals surface area contributed by atoms with Gasteiger partial charge in [0.2, 0.25) is 12.0 Å². The second kappa shape index (κ2) is 7.57. The third kappa shape index (κ3) is 5.26. The summed E-state index contributed by atoms with van der Waals surface area (Å²) in [4.78, 5) is 26.3. The third-order valence-electron chi connectivity index (χ3n) is 2.07. The fraction of sp³-hybridized carbons (Fsp3) is 0.273. The molecule has 0 saturated carbocycles. The zero-order chi connectivity index (χ0) is 12.5. The van der Waals surface area contributed by atoms with Crippen molar-refractivity contribution in [2.24, 2.45) is 4.99 Å². The van der Waals surface area contributed by atoms with Crippen LogP contribution in [0.2, 0.25) is 0 Å². The van der Waals surface area contributed by atoms with Crippen molar-refractivity contribution in [3.05, 3.63) is 29.8 Å². The maximum atomic E-state index is 10.8. The minimum absolute atomic E-state index is 0.213. The lowest BCUT2D eigenvalue weighted by Gasteiger charge is -2.04. The average molecular weight is 254 g/mol. The molecule has 0 aromatic heterocycles. The number of hydrogen-bond donors (Lipinski definition) is 2. The first-order valence-electron chi connectivity index (χ1n) is 5.03. The summed E-state index contributed by atoms with van der Waals surface area (Å²) in [6, 6.07) is 7.16. The van der Waals surface area contributed by atoms with Crippen LogP contribution in [-0.2, 0) is 16.1 Å². The van der Waals surface area contributed by atoms with Crippen molar-refractivity contribution >= 4 is 29.5 Å². The number of carbonyl (C=O) groups is 1. The molecule has 0 aliphatic rings. The minimum Gasteiger partial charge on any atom is -0.312 e. The molecule has 90 valence electrons. The van der Waals surface area contributed by atoms with E-state index in [4.69, 9.17) is 11.8 Å². The number of aliphatic imine (C=N–C) groups is 1. The average Bonchev–Trinajstić information content (AvgIpc) is 2.36. The van der Waals surface area contributed by atoms with Crippen LogP contribution in [-0.4, -0.2) is 18.5 Å². The maximum Gasteiger partial charge on any atom is 0.240 e. The molecule has 0 fully saturated rings. The highest BCUT2D eigenvalue weighted by Gasteiger charge is 1.98. The van der Waals surface area contributed by atoms with Crippen LogP contribution in [0.15, 0.2) is 29.3 Å². The summed E-state index contributed by atoms with van der Waals surface area (Å²) in [7, 11) is 0. The Morgan fingerprint density at radius 1 is 1.35 bits per heavy atom. The van der Waals surface area contributed by atoms with Crippen LogP contribution in [0.4, 0.5) is 5.69 Å². The first-order chi connectivity index (χ1) is 8.26. The molecule has 2 N–H and O–H groups in total. The highest BCUT2D eigenvalue weighted by Crippen LogP contribution is 2.11. The van der Waals surface area contributed by atoms with E-state index in [1.165, 1.54) is 6.08 Å². The zero-order valence-corrected chi connectivity index (χ0v) is 9.83. The number of rotatable bonds is 6. The van der Waals surface area contributed by atoms with Gasteiger partial charge in [0.15, 0.2) is 0 Å². The molecule has 0 unspecified atom stereocenters. The summed E-state index contributed by atoms with van der Waals surface area (Å²) in [6.45, 7) is 1.19. The van der Waals surface area contributed by atoms with E-state index in [2.05, 4.69) is 10.3 Å². The predicted molar refractivity (Wildman–Crippen MR) is 64.5 cm³/mol. The number of nitrogens with zero attached hydrogens (tertiary/aromatic N) is 1. The summed E-state index contributed by atoms with van der Waals surface area (Å²) in [5.74, 6) is -0.213. The lowest BCUT2D eigenvalue weighted by Crippen LogP contribution is -2.21. The van der Waals surface area contributed by atoms with E-state index in [9.17, 15) is 9.59 Å². The fourth-order valence-corrected chi connectivity index (χ4v) is 1.32. The van der Waals surface area contributed by atoms with E-state index in [0.29, 0.717) is 25.2 Å². The number of hydrogen-bond acceptors (Lipinski definition) is 4. The molecule has 1 amide bonds. The van der Waals surface area contributed by atoms with Gasteiger partial charge < -0.3 is 5.32 Å². The zero-order valence-electron chi connectivity index (χ0n) is 9.07. The molecule has 5 nitrogen and oxygen atoms in total. The normalized spacial score (nSPS) is 9.47. The second-order valence-corrected chi connectivity index (χ2v) is 3.50. The summed E-state index contributed by atoms with van der Waals surface area (Å²) >= 11 is 5.13. The van der Waals surface area contributed by atoms with Crippen LogP contribution in [0.5, 0.6) is 0 Å². The summed E-state index contributed by atoms with van der Waals surface area (Å²) in [5.41, 5.74) is 1.62. The first kappa shape index (κ1) is 13.4. The van der Waals surface area contributed by atoms with Crippen LogP contribution >= 0.6 is 11.8 Å². The molecule has 1 aromatic rings. The van der Waals surface area contributed by atoms with Crippen LogP contribution in [0.3, 0.4) is 0 Å². The van der Waals surface area contributed by atoms with Crippen LogP contribution in [0.1, 0.15) is 12.0 Å². The molecule has 6 heteroatoms. The second-order valence-electron chi connectivity index (χ2n) is 3.31. The Balaban J connectivity index is 2.32. The lowest BCUT2D eigenvalue weighted by atomic mass is 10.2. The molecule has 0 aliphatic carbocycles. The number of amides is 1. The number of isocyanates is 1. The molecule has 0 atom stereocenters. The topological polar surface area (TPSA) is 70.6 Å². The Bertz CT molecular complexity index is 413. The largest absolute Gasteiger partial charge is 0.312 e. The van der Waals surface area contributed by atoms with E-state index in [1.807, 2.05) is 17.0 Å². The highest BCUT2D eigenvalue weighted by molar-refractivity contribution is 6.21. The van der Waals surface area contributed by atoms with Gasteiger partial charge in [0.1, 0.15) is 0 Å². The van der Waals surface area contributed by atoms with Crippen molar-refractivity contribution in [1.82, 2.24) is 10.2 Å². The van der Waals surface area contributed by atoms with Crippen molar-refractivity contribution in [2.45, 2.75) is 13.0 Å². The lowest BCUT2D eigenvalue weighted by molar-refractivity contribution is -0.119. The van der Waals surface area contributed by atoms with E-state index >= 15 is 0 Å². The molecule has 1 aromatic carbocycles. The first-order valence-corrected chi connectivity index (χ1v) is 5.41. The van der Waals surface area contributed by atoms with Gasteiger partial charge in [-0.25, -0.2) is 4.79 Å². The Morgan fingerprint density at radius 2 is 2.06 bits per heavy atom. The summed E-state index contributed by atoms with van der Waals surface area (Å²) in [6.07, 6.45) is 1.81. The molecular formula is C11H12ClN3O2. The molecule has 0 aliphatic heterocycles. The van der Waals surface area contributed by atoms with Gasteiger partial charge in [0.25, 0.3) is 0 Å². The quantitative estimate of drug-likeness (QED) is 0.348. The van der Waals surface area contributed by atoms with E-state index < -0.39 is 0 Å². The maximum absolute atomic E-state index is 10.8.